The Morgan fingerprint density at radius 2 is 1.94 bits per heavy atom. The van der Waals surface area contributed by atoms with E-state index in [0.29, 0.717) is 13.1 Å². The van der Waals surface area contributed by atoms with Gasteiger partial charge in [0, 0.05) is 24.9 Å². The lowest BCUT2D eigenvalue weighted by Gasteiger charge is -2.35. The number of thioether (sulfide) groups is 1. The number of hydrogen-bond acceptors (Lipinski definition) is 6. The summed E-state index contributed by atoms with van der Waals surface area (Å²) < 4.78 is 4.47. The fraction of sp³-hybridized carbons (Fsp3) is 0.435. The molecule has 2 fully saturated rings. The number of benzene rings is 1. The molecule has 0 saturated carbocycles. The minimum absolute atomic E-state index is 0.0589. The molecule has 4 aliphatic rings. The molecule has 2 amide bonds. The van der Waals surface area contributed by atoms with Crippen molar-refractivity contribution < 1.29 is 24.2 Å². The molecule has 8 heteroatoms. The third kappa shape index (κ3) is 3.11. The SMILES string of the molecule is O=C1OCC=C[C@H]2S[C@]34C=CCN(Cc5ccccc5)C(=O)C3N(CCO)C(=O)[C@@H]4[C@@H]12. The quantitative estimate of drug-likeness (QED) is 0.555. The summed E-state index contributed by atoms with van der Waals surface area (Å²) in [6.07, 6.45) is 7.64. The van der Waals surface area contributed by atoms with Gasteiger partial charge in [0.05, 0.1) is 23.2 Å². The van der Waals surface area contributed by atoms with Crippen molar-refractivity contribution in [3.05, 3.63) is 60.2 Å². The van der Waals surface area contributed by atoms with E-state index in [1.807, 2.05) is 54.6 Å². The van der Waals surface area contributed by atoms with Crippen LogP contribution in [0.2, 0.25) is 0 Å². The summed E-state index contributed by atoms with van der Waals surface area (Å²) in [7, 11) is 0. The van der Waals surface area contributed by atoms with Gasteiger partial charge in [0.25, 0.3) is 0 Å². The van der Waals surface area contributed by atoms with Gasteiger partial charge in [0.2, 0.25) is 11.8 Å². The van der Waals surface area contributed by atoms with Gasteiger partial charge in [-0.05, 0) is 5.56 Å². The number of β-amino-alcohol motifs (C(OH)–C–C–N with tert-alkyl or cyclic N) is 1. The van der Waals surface area contributed by atoms with Gasteiger partial charge in [-0.1, -0.05) is 54.6 Å². The molecule has 1 unspecified atom stereocenters. The van der Waals surface area contributed by atoms with E-state index in [0.717, 1.165) is 5.56 Å². The number of esters is 1. The van der Waals surface area contributed by atoms with Crippen molar-refractivity contribution in [3.8, 4) is 0 Å². The first-order chi connectivity index (χ1) is 15.1. The van der Waals surface area contributed by atoms with Gasteiger partial charge in [0.1, 0.15) is 12.6 Å². The van der Waals surface area contributed by atoms with Crippen molar-refractivity contribution in [2.24, 2.45) is 11.8 Å². The van der Waals surface area contributed by atoms with Crippen molar-refractivity contribution in [3.63, 3.8) is 0 Å². The second-order valence-electron chi connectivity index (χ2n) is 8.26. The average molecular weight is 441 g/mol. The number of hydrogen-bond donors (Lipinski definition) is 1. The first-order valence-electron chi connectivity index (χ1n) is 10.5. The van der Waals surface area contributed by atoms with Gasteiger partial charge in [-0.2, -0.15) is 0 Å². The molecule has 1 spiro atoms. The first-order valence-corrected chi connectivity index (χ1v) is 11.4. The summed E-state index contributed by atoms with van der Waals surface area (Å²) in [5.41, 5.74) is 1.01. The molecule has 0 bridgehead atoms. The van der Waals surface area contributed by atoms with E-state index in [2.05, 4.69) is 0 Å². The molecule has 4 aliphatic heterocycles. The van der Waals surface area contributed by atoms with Crippen LogP contribution < -0.4 is 0 Å². The average Bonchev–Trinajstić information content (AvgIpc) is 3.06. The van der Waals surface area contributed by atoms with Gasteiger partial charge in [0.15, 0.2) is 0 Å². The van der Waals surface area contributed by atoms with E-state index >= 15 is 0 Å². The van der Waals surface area contributed by atoms with Crippen LogP contribution in [0.25, 0.3) is 0 Å². The lowest BCUT2D eigenvalue weighted by atomic mass is 9.78. The van der Waals surface area contributed by atoms with Gasteiger partial charge >= 0.3 is 5.97 Å². The number of amides is 2. The molecule has 5 atom stereocenters. The first kappa shape index (κ1) is 20.3. The van der Waals surface area contributed by atoms with Crippen LogP contribution in [-0.2, 0) is 25.7 Å². The van der Waals surface area contributed by atoms with Gasteiger partial charge < -0.3 is 19.6 Å². The number of nitrogens with zero attached hydrogens (tertiary/aromatic N) is 2. The fourth-order valence-corrected chi connectivity index (χ4v) is 7.31. The molecule has 4 heterocycles. The van der Waals surface area contributed by atoms with E-state index in [1.54, 1.807) is 4.90 Å². The van der Waals surface area contributed by atoms with Crippen LogP contribution in [0, 0.1) is 11.8 Å². The Morgan fingerprint density at radius 1 is 1.13 bits per heavy atom. The Hall–Kier alpha value is -2.58. The van der Waals surface area contributed by atoms with Crippen LogP contribution in [0.1, 0.15) is 5.56 Å². The molecule has 0 radical (unpaired) electrons. The largest absolute Gasteiger partial charge is 0.461 e. The topological polar surface area (TPSA) is 87.2 Å². The third-order valence-electron chi connectivity index (χ3n) is 6.55. The Labute approximate surface area is 184 Å². The highest BCUT2D eigenvalue weighted by molar-refractivity contribution is 8.02. The van der Waals surface area contributed by atoms with Crippen molar-refractivity contribution in [1.29, 1.82) is 0 Å². The number of rotatable bonds is 4. The minimum Gasteiger partial charge on any atom is -0.461 e. The molecule has 1 aromatic carbocycles. The van der Waals surface area contributed by atoms with Gasteiger partial charge in [-0.15, -0.1) is 11.8 Å². The van der Waals surface area contributed by atoms with E-state index < -0.39 is 28.6 Å². The van der Waals surface area contributed by atoms with Crippen LogP contribution in [0.4, 0.5) is 0 Å². The highest BCUT2D eigenvalue weighted by Crippen LogP contribution is 2.60. The Bertz CT molecular complexity index is 964. The van der Waals surface area contributed by atoms with Crippen molar-refractivity contribution >= 4 is 29.5 Å². The summed E-state index contributed by atoms with van der Waals surface area (Å²) in [5, 5.41) is 9.41. The number of likely N-dealkylation sites (tertiary alicyclic amines) is 1. The number of fused-ring (bicyclic) bond motifs is 2. The summed E-state index contributed by atoms with van der Waals surface area (Å²) in [6.45, 7) is 0.870. The Morgan fingerprint density at radius 3 is 2.71 bits per heavy atom. The molecule has 5 rings (SSSR count). The molecule has 0 aromatic heterocycles. The zero-order chi connectivity index (χ0) is 21.6. The molecular formula is C23H24N2O5S. The maximum atomic E-state index is 13.8. The highest BCUT2D eigenvalue weighted by Gasteiger charge is 2.70. The third-order valence-corrected chi connectivity index (χ3v) is 8.30. The number of aliphatic hydroxyl groups is 1. The zero-order valence-corrected chi connectivity index (χ0v) is 17.7. The molecule has 2 saturated heterocycles. The zero-order valence-electron chi connectivity index (χ0n) is 16.9. The second kappa shape index (κ2) is 7.84. The number of cyclic esters (lactones) is 1. The smallest absolute Gasteiger partial charge is 0.311 e. The number of carbonyl (C=O) groups excluding carboxylic acids is 3. The molecule has 0 aliphatic carbocycles. The molecule has 1 aromatic rings. The number of ether oxygens (including phenoxy) is 1. The van der Waals surface area contributed by atoms with Crippen LogP contribution in [0.5, 0.6) is 0 Å². The Kier molecular flexibility index (Phi) is 5.14. The number of carbonyl (C=O) groups is 3. The summed E-state index contributed by atoms with van der Waals surface area (Å²) in [6, 6.07) is 8.96. The summed E-state index contributed by atoms with van der Waals surface area (Å²) >= 11 is 1.51. The van der Waals surface area contributed by atoms with E-state index in [-0.39, 0.29) is 36.8 Å². The van der Waals surface area contributed by atoms with Crippen molar-refractivity contribution in [2.45, 2.75) is 22.6 Å². The van der Waals surface area contributed by atoms with Gasteiger partial charge in [-0.25, -0.2) is 0 Å². The predicted octanol–water partition coefficient (Wildman–Crippen LogP) is 0.988. The van der Waals surface area contributed by atoms with Crippen LogP contribution in [0.3, 0.4) is 0 Å². The van der Waals surface area contributed by atoms with Crippen molar-refractivity contribution in [2.75, 3.05) is 26.3 Å². The normalized spacial score (nSPS) is 34.2. The maximum absolute atomic E-state index is 13.8. The molecule has 31 heavy (non-hydrogen) atoms. The lowest BCUT2D eigenvalue weighted by molar-refractivity contribution is -0.151. The summed E-state index contributed by atoms with van der Waals surface area (Å²) in [4.78, 5) is 43.4. The summed E-state index contributed by atoms with van der Waals surface area (Å²) in [5.74, 6) is -2.13. The van der Waals surface area contributed by atoms with Crippen LogP contribution in [-0.4, -0.2) is 75.0 Å². The number of aliphatic hydroxyl groups excluding tert-OH is 1. The van der Waals surface area contributed by atoms with E-state index in [9.17, 15) is 19.5 Å². The molecule has 1 N–H and O–H groups in total. The van der Waals surface area contributed by atoms with E-state index in [4.69, 9.17) is 4.74 Å². The monoisotopic (exact) mass is 440 g/mol. The van der Waals surface area contributed by atoms with Gasteiger partial charge in [-0.3, -0.25) is 14.4 Å². The molecule has 162 valence electrons. The predicted molar refractivity (Wildman–Crippen MR) is 115 cm³/mol. The molecule has 7 nitrogen and oxygen atoms in total. The van der Waals surface area contributed by atoms with Crippen LogP contribution in [0.15, 0.2) is 54.6 Å². The highest BCUT2D eigenvalue weighted by atomic mass is 32.2. The lowest BCUT2D eigenvalue weighted by Crippen LogP contribution is -2.53. The van der Waals surface area contributed by atoms with Crippen molar-refractivity contribution in [1.82, 2.24) is 9.80 Å². The minimum atomic E-state index is -0.856. The Balaban J connectivity index is 1.56. The second-order valence-corrected chi connectivity index (χ2v) is 9.75. The standard InChI is InChI=1S/C23H24N2O5S/c26-12-11-25-19-21(28)24(14-15-6-2-1-3-7-15)10-5-9-23(19)18(20(25)27)17-16(31-23)8-4-13-30-22(17)29/h1-9,16-19,26H,10-14H2/t16-,17+,18+,19?,23+/m1/s1. The maximum Gasteiger partial charge on any atom is 0.311 e. The fourth-order valence-electron chi connectivity index (χ4n) is 5.31. The molecular weight excluding hydrogens is 416 g/mol. The van der Waals surface area contributed by atoms with Crippen LogP contribution >= 0.6 is 11.8 Å². The van der Waals surface area contributed by atoms with E-state index in [1.165, 1.54) is 16.7 Å².